The second kappa shape index (κ2) is 6.66. The minimum atomic E-state index is 0.0699. The lowest BCUT2D eigenvalue weighted by atomic mass is 10.2. The van der Waals surface area contributed by atoms with Crippen LogP contribution in [0, 0.1) is 0 Å². The van der Waals surface area contributed by atoms with Gasteiger partial charge in [-0.05, 0) is 36.8 Å². The van der Waals surface area contributed by atoms with Gasteiger partial charge in [0.2, 0.25) is 0 Å². The third-order valence-corrected chi connectivity index (χ3v) is 3.79. The summed E-state index contributed by atoms with van der Waals surface area (Å²) in [6.45, 7) is 2.77. The fourth-order valence-corrected chi connectivity index (χ4v) is 2.51. The summed E-state index contributed by atoms with van der Waals surface area (Å²) in [4.78, 5) is 0. The van der Waals surface area contributed by atoms with Crippen molar-refractivity contribution in [3.63, 3.8) is 0 Å². The van der Waals surface area contributed by atoms with Crippen molar-refractivity contribution in [2.75, 3.05) is 14.2 Å². The molecule has 0 aliphatic rings. The number of nitrogens with one attached hydrogen (secondary N) is 1. The normalized spacial score (nSPS) is 12.3. The molecule has 0 radical (unpaired) electrons. The summed E-state index contributed by atoms with van der Waals surface area (Å²) in [7, 11) is 3.27. The van der Waals surface area contributed by atoms with Crippen LogP contribution in [-0.2, 0) is 6.54 Å². The molecule has 0 saturated heterocycles. The van der Waals surface area contributed by atoms with Crippen LogP contribution in [0.1, 0.15) is 24.4 Å². The van der Waals surface area contributed by atoms with Crippen LogP contribution in [0.4, 0.5) is 0 Å². The molecule has 0 aliphatic carbocycles. The number of methoxy groups -OCH3 is 2. The SMILES string of the molecule is COc1ccc(CNC(C)c2nnc3ccccn23)cc1OC. The van der Waals surface area contributed by atoms with E-state index in [4.69, 9.17) is 9.47 Å². The Morgan fingerprint density at radius 2 is 1.91 bits per heavy atom. The molecule has 3 aromatic rings. The summed E-state index contributed by atoms with van der Waals surface area (Å²) in [6, 6.07) is 11.8. The predicted octanol–water partition coefficient (Wildman–Crippen LogP) is 2.60. The van der Waals surface area contributed by atoms with Crippen molar-refractivity contribution in [3.8, 4) is 11.5 Å². The molecule has 2 heterocycles. The lowest BCUT2D eigenvalue weighted by Crippen LogP contribution is -2.20. The molecular formula is C17H20N4O2. The molecule has 120 valence electrons. The van der Waals surface area contributed by atoms with Crippen molar-refractivity contribution < 1.29 is 9.47 Å². The monoisotopic (exact) mass is 312 g/mol. The first kappa shape index (κ1) is 15.3. The van der Waals surface area contributed by atoms with E-state index < -0.39 is 0 Å². The van der Waals surface area contributed by atoms with Crippen LogP contribution in [0.5, 0.6) is 11.5 Å². The Labute approximate surface area is 135 Å². The van der Waals surface area contributed by atoms with Gasteiger partial charge in [0.1, 0.15) is 0 Å². The smallest absolute Gasteiger partial charge is 0.161 e. The summed E-state index contributed by atoms with van der Waals surface area (Å²) in [6.07, 6.45) is 1.97. The maximum atomic E-state index is 5.33. The largest absolute Gasteiger partial charge is 0.493 e. The Morgan fingerprint density at radius 1 is 1.09 bits per heavy atom. The molecule has 0 spiro atoms. The van der Waals surface area contributed by atoms with Crippen LogP contribution >= 0.6 is 0 Å². The van der Waals surface area contributed by atoms with E-state index in [1.165, 1.54) is 0 Å². The lowest BCUT2D eigenvalue weighted by molar-refractivity contribution is 0.354. The summed E-state index contributed by atoms with van der Waals surface area (Å²) in [5, 5.41) is 11.9. The molecule has 1 unspecified atom stereocenters. The van der Waals surface area contributed by atoms with Crippen molar-refractivity contribution in [2.45, 2.75) is 19.5 Å². The molecule has 0 amide bonds. The number of benzene rings is 1. The molecule has 6 heteroatoms. The molecule has 0 fully saturated rings. The first-order valence-corrected chi connectivity index (χ1v) is 7.47. The Morgan fingerprint density at radius 3 is 2.70 bits per heavy atom. The van der Waals surface area contributed by atoms with Crippen molar-refractivity contribution in [1.29, 1.82) is 0 Å². The highest BCUT2D eigenvalue weighted by atomic mass is 16.5. The lowest BCUT2D eigenvalue weighted by Gasteiger charge is -2.14. The number of aromatic nitrogens is 3. The second-order valence-corrected chi connectivity index (χ2v) is 5.28. The van der Waals surface area contributed by atoms with Crippen LogP contribution < -0.4 is 14.8 Å². The van der Waals surface area contributed by atoms with Gasteiger partial charge in [0.25, 0.3) is 0 Å². The van der Waals surface area contributed by atoms with Gasteiger partial charge in [0, 0.05) is 12.7 Å². The van der Waals surface area contributed by atoms with Crippen molar-refractivity contribution in [3.05, 3.63) is 54.0 Å². The topological polar surface area (TPSA) is 60.7 Å². The fraction of sp³-hybridized carbons (Fsp3) is 0.294. The number of fused-ring (bicyclic) bond motifs is 1. The summed E-state index contributed by atoms with van der Waals surface area (Å²) >= 11 is 0. The van der Waals surface area contributed by atoms with Crippen molar-refractivity contribution in [1.82, 2.24) is 19.9 Å². The van der Waals surface area contributed by atoms with Gasteiger partial charge < -0.3 is 14.8 Å². The van der Waals surface area contributed by atoms with Gasteiger partial charge in [0.15, 0.2) is 23.0 Å². The highest BCUT2D eigenvalue weighted by molar-refractivity contribution is 5.43. The number of ether oxygens (including phenoxy) is 2. The Kier molecular flexibility index (Phi) is 4.43. The van der Waals surface area contributed by atoms with Crippen LogP contribution in [0.25, 0.3) is 5.65 Å². The van der Waals surface area contributed by atoms with E-state index in [1.807, 2.05) is 47.0 Å². The van der Waals surface area contributed by atoms with Gasteiger partial charge in [-0.15, -0.1) is 10.2 Å². The predicted molar refractivity (Wildman–Crippen MR) is 87.8 cm³/mol. The third kappa shape index (κ3) is 3.12. The van der Waals surface area contributed by atoms with Crippen molar-refractivity contribution in [2.24, 2.45) is 0 Å². The molecule has 0 aliphatic heterocycles. The van der Waals surface area contributed by atoms with Gasteiger partial charge in [-0.3, -0.25) is 4.40 Å². The maximum Gasteiger partial charge on any atom is 0.161 e. The number of rotatable bonds is 6. The number of hydrogen-bond acceptors (Lipinski definition) is 5. The summed E-state index contributed by atoms with van der Waals surface area (Å²) in [5.41, 5.74) is 1.96. The second-order valence-electron chi connectivity index (χ2n) is 5.28. The molecular weight excluding hydrogens is 292 g/mol. The van der Waals surface area contributed by atoms with Gasteiger partial charge >= 0.3 is 0 Å². The highest BCUT2D eigenvalue weighted by Gasteiger charge is 2.13. The minimum absolute atomic E-state index is 0.0699. The Bertz CT molecular complexity index is 800. The molecule has 1 atom stereocenters. The van der Waals surface area contributed by atoms with Gasteiger partial charge in [-0.1, -0.05) is 12.1 Å². The van der Waals surface area contributed by atoms with Crippen molar-refractivity contribution >= 4 is 5.65 Å². The Balaban J connectivity index is 1.73. The van der Waals surface area contributed by atoms with Gasteiger partial charge in [-0.25, -0.2) is 0 Å². The molecule has 2 aromatic heterocycles. The van der Waals surface area contributed by atoms with Gasteiger partial charge in [0.05, 0.1) is 20.3 Å². The minimum Gasteiger partial charge on any atom is -0.493 e. The number of hydrogen-bond donors (Lipinski definition) is 1. The zero-order valence-electron chi connectivity index (χ0n) is 13.5. The first-order chi connectivity index (χ1) is 11.2. The van der Waals surface area contributed by atoms with Crippen LogP contribution in [0.2, 0.25) is 0 Å². The average molecular weight is 312 g/mol. The molecule has 6 nitrogen and oxygen atoms in total. The zero-order valence-corrected chi connectivity index (χ0v) is 13.5. The number of nitrogens with zero attached hydrogens (tertiary/aromatic N) is 3. The quantitative estimate of drug-likeness (QED) is 0.758. The molecule has 0 bridgehead atoms. The standard InChI is InChI=1S/C17H20N4O2/c1-12(17-20-19-16-6-4-5-9-21(16)17)18-11-13-7-8-14(22-2)15(10-13)23-3/h4-10,12,18H,11H2,1-3H3. The van der Waals surface area contributed by atoms with Crippen LogP contribution in [0.15, 0.2) is 42.6 Å². The van der Waals surface area contributed by atoms with E-state index in [0.717, 1.165) is 28.5 Å². The maximum absolute atomic E-state index is 5.33. The van der Waals surface area contributed by atoms with E-state index >= 15 is 0 Å². The highest BCUT2D eigenvalue weighted by Crippen LogP contribution is 2.27. The van der Waals surface area contributed by atoms with Crippen LogP contribution in [0.3, 0.4) is 0 Å². The fourth-order valence-electron chi connectivity index (χ4n) is 2.51. The molecule has 1 aromatic carbocycles. The summed E-state index contributed by atoms with van der Waals surface area (Å²) in [5.74, 6) is 2.35. The molecule has 0 saturated carbocycles. The van der Waals surface area contributed by atoms with Gasteiger partial charge in [-0.2, -0.15) is 0 Å². The van der Waals surface area contributed by atoms with E-state index in [0.29, 0.717) is 6.54 Å². The van der Waals surface area contributed by atoms with E-state index in [9.17, 15) is 0 Å². The zero-order chi connectivity index (χ0) is 16.2. The summed E-state index contributed by atoms with van der Waals surface area (Å²) < 4.78 is 12.6. The molecule has 23 heavy (non-hydrogen) atoms. The van der Waals surface area contributed by atoms with E-state index in [-0.39, 0.29) is 6.04 Å². The third-order valence-electron chi connectivity index (χ3n) is 3.79. The van der Waals surface area contributed by atoms with E-state index in [2.05, 4.69) is 22.4 Å². The molecule has 3 rings (SSSR count). The first-order valence-electron chi connectivity index (χ1n) is 7.47. The average Bonchev–Trinajstić information content (AvgIpc) is 3.03. The van der Waals surface area contributed by atoms with E-state index in [1.54, 1.807) is 14.2 Å². The number of pyridine rings is 1. The Hall–Kier alpha value is -2.60. The van der Waals surface area contributed by atoms with Crippen LogP contribution in [-0.4, -0.2) is 28.8 Å². The molecule has 1 N–H and O–H groups in total.